The summed E-state index contributed by atoms with van der Waals surface area (Å²) in [6, 6.07) is 12.3. The molecule has 2 heterocycles. The van der Waals surface area contributed by atoms with Gasteiger partial charge in [0.1, 0.15) is 10.8 Å². The van der Waals surface area contributed by atoms with Gasteiger partial charge in [0, 0.05) is 6.20 Å². The number of H-pyrrole nitrogens is 1. The summed E-state index contributed by atoms with van der Waals surface area (Å²) in [4.78, 5) is 23.3. The molecular formula is C21H13ClF3N3O3. The fourth-order valence-corrected chi connectivity index (χ4v) is 3.14. The molecule has 0 aliphatic heterocycles. The average molecular weight is 448 g/mol. The van der Waals surface area contributed by atoms with Gasteiger partial charge in [0.2, 0.25) is 5.88 Å². The summed E-state index contributed by atoms with van der Waals surface area (Å²) in [5.74, 6) is 0.243. The van der Waals surface area contributed by atoms with Gasteiger partial charge >= 0.3 is 6.18 Å². The zero-order valence-corrected chi connectivity index (χ0v) is 16.6. The second-order valence-electron chi connectivity index (χ2n) is 6.38. The molecule has 0 saturated heterocycles. The van der Waals surface area contributed by atoms with Crippen LogP contribution in [0, 0.1) is 0 Å². The predicted octanol–water partition coefficient (Wildman–Crippen LogP) is 5.46. The average Bonchev–Trinajstić information content (AvgIpc) is 2.74. The molecule has 0 spiro atoms. The minimum atomic E-state index is -4.60. The van der Waals surface area contributed by atoms with Crippen LogP contribution in [0.3, 0.4) is 0 Å². The number of hydrogen-bond donors (Lipinski definition) is 1. The van der Waals surface area contributed by atoms with Crippen molar-refractivity contribution in [2.75, 3.05) is 7.11 Å². The van der Waals surface area contributed by atoms with E-state index in [0.717, 1.165) is 6.07 Å². The summed E-state index contributed by atoms with van der Waals surface area (Å²) < 4.78 is 49.7. The number of nitrogens with zero attached hydrogens (tertiary/aromatic N) is 2. The molecule has 0 aliphatic carbocycles. The highest BCUT2D eigenvalue weighted by atomic mass is 35.5. The Morgan fingerprint density at radius 2 is 1.87 bits per heavy atom. The topological polar surface area (TPSA) is 77.1 Å². The zero-order valence-electron chi connectivity index (χ0n) is 15.8. The highest BCUT2D eigenvalue weighted by Crippen LogP contribution is 2.41. The lowest BCUT2D eigenvalue weighted by atomic mass is 10.1. The van der Waals surface area contributed by atoms with Crippen molar-refractivity contribution in [2.24, 2.45) is 0 Å². The maximum atomic E-state index is 12.9. The molecule has 0 atom stereocenters. The van der Waals surface area contributed by atoms with Gasteiger partial charge in [-0.2, -0.15) is 13.2 Å². The van der Waals surface area contributed by atoms with Crippen molar-refractivity contribution in [1.29, 1.82) is 0 Å². The van der Waals surface area contributed by atoms with E-state index in [-0.39, 0.29) is 33.8 Å². The molecule has 2 aromatic heterocycles. The second kappa shape index (κ2) is 7.92. The third-order valence-corrected chi connectivity index (χ3v) is 4.67. The molecule has 31 heavy (non-hydrogen) atoms. The zero-order chi connectivity index (χ0) is 22.2. The van der Waals surface area contributed by atoms with Crippen LogP contribution in [0.15, 0.2) is 59.5 Å². The first-order valence-corrected chi connectivity index (χ1v) is 9.23. The molecule has 1 N–H and O–H groups in total. The molecule has 158 valence electrons. The SMILES string of the molecule is COc1cccc(-c2nc3ccccc3c(=O)[nH]2)c1Oc1ncc(C(F)(F)F)cc1Cl. The highest BCUT2D eigenvalue weighted by Gasteiger charge is 2.32. The number of rotatable bonds is 4. The Labute approximate surface area is 178 Å². The number of methoxy groups -OCH3 is 1. The molecular weight excluding hydrogens is 435 g/mol. The fourth-order valence-electron chi connectivity index (χ4n) is 2.93. The van der Waals surface area contributed by atoms with E-state index in [9.17, 15) is 18.0 Å². The van der Waals surface area contributed by atoms with Gasteiger partial charge in [-0.15, -0.1) is 0 Å². The number of para-hydroxylation sites is 2. The standard InChI is InChI=1S/C21H13ClF3N3O3/c1-30-16-8-4-6-13(18-27-15-7-3-2-5-12(15)19(29)28-18)17(16)31-20-14(22)9-11(10-26-20)21(23,24)25/h2-10H,1H3,(H,27,28,29). The summed E-state index contributed by atoms with van der Waals surface area (Å²) in [7, 11) is 1.39. The molecule has 0 saturated carbocycles. The lowest BCUT2D eigenvalue weighted by Gasteiger charge is -2.15. The molecule has 6 nitrogen and oxygen atoms in total. The van der Waals surface area contributed by atoms with Gasteiger partial charge in [0.25, 0.3) is 5.56 Å². The summed E-state index contributed by atoms with van der Waals surface area (Å²) in [6.07, 6.45) is -3.98. The van der Waals surface area contributed by atoms with Crippen molar-refractivity contribution in [2.45, 2.75) is 6.18 Å². The van der Waals surface area contributed by atoms with Gasteiger partial charge in [-0.1, -0.05) is 29.8 Å². The van der Waals surface area contributed by atoms with Crippen LogP contribution in [-0.4, -0.2) is 22.1 Å². The van der Waals surface area contributed by atoms with Gasteiger partial charge in [0.15, 0.2) is 11.5 Å². The first-order chi connectivity index (χ1) is 14.8. The molecule has 0 bridgehead atoms. The molecule has 4 aromatic rings. The van der Waals surface area contributed by atoms with Crippen LogP contribution in [0.1, 0.15) is 5.56 Å². The molecule has 2 aromatic carbocycles. The number of hydrogen-bond acceptors (Lipinski definition) is 5. The third kappa shape index (κ3) is 4.04. The molecule has 0 radical (unpaired) electrons. The van der Waals surface area contributed by atoms with Gasteiger partial charge < -0.3 is 14.5 Å². The number of pyridine rings is 1. The van der Waals surface area contributed by atoms with E-state index in [4.69, 9.17) is 21.1 Å². The fraction of sp³-hybridized carbons (Fsp3) is 0.0952. The number of fused-ring (bicyclic) bond motifs is 1. The van der Waals surface area contributed by atoms with E-state index in [1.54, 1.807) is 42.5 Å². The van der Waals surface area contributed by atoms with Crippen molar-refractivity contribution in [3.05, 3.63) is 75.7 Å². The normalized spacial score (nSPS) is 11.5. The van der Waals surface area contributed by atoms with Gasteiger partial charge in [0.05, 0.1) is 29.1 Å². The number of halogens is 4. The van der Waals surface area contributed by atoms with Gasteiger partial charge in [-0.05, 0) is 30.3 Å². The summed E-state index contributed by atoms with van der Waals surface area (Å²) >= 11 is 5.98. The van der Waals surface area contributed by atoms with Crippen LogP contribution in [0.2, 0.25) is 5.02 Å². The Kier molecular flexibility index (Phi) is 5.28. The Morgan fingerprint density at radius 1 is 1.10 bits per heavy atom. The van der Waals surface area contributed by atoms with E-state index in [0.29, 0.717) is 22.7 Å². The van der Waals surface area contributed by atoms with Crippen LogP contribution >= 0.6 is 11.6 Å². The minimum absolute atomic E-state index is 0.0811. The van der Waals surface area contributed by atoms with Gasteiger partial charge in [-0.3, -0.25) is 4.79 Å². The highest BCUT2D eigenvalue weighted by molar-refractivity contribution is 6.31. The molecule has 0 aliphatic rings. The van der Waals surface area contributed by atoms with Crippen molar-refractivity contribution in [3.63, 3.8) is 0 Å². The van der Waals surface area contributed by atoms with Crippen LogP contribution in [0.4, 0.5) is 13.2 Å². The summed E-state index contributed by atoms with van der Waals surface area (Å²) in [5.41, 5.74) is -0.577. The van der Waals surface area contributed by atoms with Gasteiger partial charge in [-0.25, -0.2) is 9.97 Å². The van der Waals surface area contributed by atoms with Crippen molar-refractivity contribution < 1.29 is 22.6 Å². The largest absolute Gasteiger partial charge is 0.493 e. The summed E-state index contributed by atoms with van der Waals surface area (Å²) in [5, 5.41) is 0.0655. The van der Waals surface area contributed by atoms with Crippen LogP contribution in [-0.2, 0) is 6.18 Å². The number of aromatic nitrogens is 3. The second-order valence-corrected chi connectivity index (χ2v) is 6.79. The molecule has 4 rings (SSSR count). The lowest BCUT2D eigenvalue weighted by Crippen LogP contribution is -2.10. The van der Waals surface area contributed by atoms with Crippen molar-refractivity contribution in [1.82, 2.24) is 15.0 Å². The van der Waals surface area contributed by atoms with E-state index < -0.39 is 11.7 Å². The Hall–Kier alpha value is -3.59. The first-order valence-electron chi connectivity index (χ1n) is 8.85. The summed E-state index contributed by atoms with van der Waals surface area (Å²) in [6.45, 7) is 0. The van der Waals surface area contributed by atoms with Crippen molar-refractivity contribution in [3.8, 4) is 28.8 Å². The van der Waals surface area contributed by atoms with E-state index in [1.165, 1.54) is 7.11 Å². The van der Waals surface area contributed by atoms with Crippen LogP contribution in [0.25, 0.3) is 22.3 Å². The number of aromatic amines is 1. The number of alkyl halides is 3. The van der Waals surface area contributed by atoms with Crippen LogP contribution < -0.4 is 15.0 Å². The van der Waals surface area contributed by atoms with E-state index in [2.05, 4.69) is 15.0 Å². The Bertz CT molecular complexity index is 1340. The smallest absolute Gasteiger partial charge is 0.417 e. The Balaban J connectivity index is 1.84. The van der Waals surface area contributed by atoms with Crippen LogP contribution in [0.5, 0.6) is 17.4 Å². The van der Waals surface area contributed by atoms with Crippen molar-refractivity contribution >= 4 is 22.5 Å². The minimum Gasteiger partial charge on any atom is -0.493 e. The van der Waals surface area contributed by atoms with E-state index in [1.807, 2.05) is 0 Å². The maximum Gasteiger partial charge on any atom is 0.417 e. The Morgan fingerprint density at radius 3 is 2.58 bits per heavy atom. The quantitative estimate of drug-likeness (QED) is 0.449. The lowest BCUT2D eigenvalue weighted by molar-refractivity contribution is -0.137. The first kappa shape index (κ1) is 20.7. The maximum absolute atomic E-state index is 12.9. The molecule has 0 fully saturated rings. The monoisotopic (exact) mass is 447 g/mol. The third-order valence-electron chi connectivity index (χ3n) is 4.40. The van der Waals surface area contributed by atoms with E-state index >= 15 is 0 Å². The number of ether oxygens (including phenoxy) is 2. The number of nitrogens with one attached hydrogen (secondary N) is 1. The predicted molar refractivity (Wildman–Crippen MR) is 109 cm³/mol. The molecule has 10 heteroatoms. The number of benzene rings is 2. The molecule has 0 unspecified atom stereocenters. The molecule has 0 amide bonds.